The molecule has 1 atom stereocenters. The number of alkyl halides is 3. The van der Waals surface area contributed by atoms with Crippen LogP contribution in [0.1, 0.15) is 12.0 Å². The molecule has 1 aromatic rings. The van der Waals surface area contributed by atoms with Crippen molar-refractivity contribution in [1.29, 1.82) is 0 Å². The van der Waals surface area contributed by atoms with Crippen LogP contribution in [0.25, 0.3) is 0 Å². The Balaban J connectivity index is 2.80. The zero-order valence-corrected chi connectivity index (χ0v) is 9.50. The molecule has 1 unspecified atom stereocenters. The highest BCUT2D eigenvalue weighted by Gasteiger charge is 2.30. The first-order valence-electron chi connectivity index (χ1n) is 5.19. The molecule has 0 fully saturated rings. The van der Waals surface area contributed by atoms with Gasteiger partial charge in [-0.1, -0.05) is 12.1 Å². The Kier molecular flexibility index (Phi) is 4.49. The van der Waals surface area contributed by atoms with Gasteiger partial charge >= 0.3 is 6.18 Å². The topological polar surface area (TPSA) is 55.1 Å². The fourth-order valence-corrected chi connectivity index (χ4v) is 1.29. The lowest BCUT2D eigenvalue weighted by atomic mass is 10.1. The zero-order valence-electron chi connectivity index (χ0n) is 9.50. The van der Waals surface area contributed by atoms with Crippen LogP contribution in [0.5, 0.6) is 0 Å². The molecule has 0 saturated carbocycles. The second kappa shape index (κ2) is 5.68. The predicted octanol–water partition coefficient (Wildman–Crippen LogP) is 2.55. The van der Waals surface area contributed by atoms with Gasteiger partial charge in [0.25, 0.3) is 0 Å². The predicted molar refractivity (Wildman–Crippen MR) is 62.9 cm³/mol. The van der Waals surface area contributed by atoms with Gasteiger partial charge in [0, 0.05) is 5.69 Å². The van der Waals surface area contributed by atoms with Gasteiger partial charge in [-0.2, -0.15) is 13.2 Å². The van der Waals surface area contributed by atoms with Crippen molar-refractivity contribution in [2.45, 2.75) is 18.6 Å². The lowest BCUT2D eigenvalue weighted by molar-refractivity contribution is -0.137. The molecule has 0 aromatic heterocycles. The van der Waals surface area contributed by atoms with E-state index in [2.05, 4.69) is 11.9 Å². The van der Waals surface area contributed by atoms with E-state index in [1.54, 1.807) is 0 Å². The molecule has 3 N–H and O–H groups in total. The highest BCUT2D eigenvalue weighted by atomic mass is 19.4. The SMILES string of the molecule is C=CCC(N)C(=O)Nc1cccc(C(F)(F)F)c1. The highest BCUT2D eigenvalue weighted by molar-refractivity contribution is 5.94. The van der Waals surface area contributed by atoms with Crippen molar-refractivity contribution < 1.29 is 18.0 Å². The maximum Gasteiger partial charge on any atom is 0.416 e. The van der Waals surface area contributed by atoms with Gasteiger partial charge in [-0.25, -0.2) is 0 Å². The number of halogens is 3. The lowest BCUT2D eigenvalue weighted by Crippen LogP contribution is -2.35. The number of carbonyl (C=O) groups excluding carboxylic acids is 1. The fourth-order valence-electron chi connectivity index (χ4n) is 1.29. The lowest BCUT2D eigenvalue weighted by Gasteiger charge is -2.12. The summed E-state index contributed by atoms with van der Waals surface area (Å²) in [5, 5.41) is 2.33. The summed E-state index contributed by atoms with van der Waals surface area (Å²) in [5.74, 6) is -0.547. The van der Waals surface area contributed by atoms with Gasteiger partial charge in [0.05, 0.1) is 11.6 Å². The average Bonchev–Trinajstić information content (AvgIpc) is 2.28. The minimum Gasteiger partial charge on any atom is -0.325 e. The molecule has 6 heteroatoms. The Bertz CT molecular complexity index is 443. The third-order valence-electron chi connectivity index (χ3n) is 2.21. The normalized spacial score (nSPS) is 12.9. The molecule has 0 spiro atoms. The molecule has 1 amide bonds. The van der Waals surface area contributed by atoms with E-state index in [9.17, 15) is 18.0 Å². The standard InChI is InChI=1S/C12H13F3N2O/c1-2-4-10(16)11(18)17-9-6-3-5-8(7-9)12(13,14)15/h2-3,5-7,10H,1,4,16H2,(H,17,18). The van der Waals surface area contributed by atoms with Crippen molar-refractivity contribution in [3.63, 3.8) is 0 Å². The average molecular weight is 258 g/mol. The smallest absolute Gasteiger partial charge is 0.325 e. The minimum absolute atomic E-state index is 0.0642. The Labute approximate surface area is 102 Å². The van der Waals surface area contributed by atoms with E-state index in [1.807, 2.05) is 0 Å². The molecule has 3 nitrogen and oxygen atoms in total. The molecule has 0 heterocycles. The zero-order chi connectivity index (χ0) is 13.8. The molecule has 0 aliphatic carbocycles. The van der Waals surface area contributed by atoms with Crippen LogP contribution >= 0.6 is 0 Å². The van der Waals surface area contributed by atoms with Crippen LogP contribution in [0.15, 0.2) is 36.9 Å². The van der Waals surface area contributed by atoms with Gasteiger partial charge in [0.1, 0.15) is 0 Å². The second-order valence-corrected chi connectivity index (χ2v) is 3.70. The Morgan fingerprint density at radius 2 is 2.17 bits per heavy atom. The maximum absolute atomic E-state index is 12.4. The van der Waals surface area contributed by atoms with Crippen LogP contribution in [0.4, 0.5) is 18.9 Å². The number of rotatable bonds is 4. The number of benzene rings is 1. The van der Waals surface area contributed by atoms with Gasteiger partial charge in [-0.05, 0) is 24.6 Å². The summed E-state index contributed by atoms with van der Waals surface area (Å²) in [7, 11) is 0. The first kappa shape index (κ1) is 14.2. The number of nitrogens with one attached hydrogen (secondary N) is 1. The molecule has 1 aromatic carbocycles. The first-order valence-corrected chi connectivity index (χ1v) is 5.19. The largest absolute Gasteiger partial charge is 0.416 e. The number of nitrogens with two attached hydrogens (primary N) is 1. The van der Waals surface area contributed by atoms with Crippen LogP contribution in [0.2, 0.25) is 0 Å². The third kappa shape index (κ3) is 3.89. The summed E-state index contributed by atoms with van der Waals surface area (Å²) >= 11 is 0. The van der Waals surface area contributed by atoms with Crippen molar-refractivity contribution in [2.24, 2.45) is 5.73 Å². The van der Waals surface area contributed by atoms with E-state index >= 15 is 0 Å². The summed E-state index contributed by atoms with van der Waals surface area (Å²) < 4.78 is 37.3. The molecular weight excluding hydrogens is 245 g/mol. The number of hydrogen-bond acceptors (Lipinski definition) is 2. The van der Waals surface area contributed by atoms with E-state index in [0.717, 1.165) is 12.1 Å². The number of anilines is 1. The summed E-state index contributed by atoms with van der Waals surface area (Å²) in [6, 6.07) is 3.56. The van der Waals surface area contributed by atoms with Crippen LogP contribution in [0.3, 0.4) is 0 Å². The molecular formula is C12H13F3N2O. The highest BCUT2D eigenvalue weighted by Crippen LogP contribution is 2.30. The van der Waals surface area contributed by atoms with Gasteiger partial charge in [-0.3, -0.25) is 4.79 Å². The van der Waals surface area contributed by atoms with Gasteiger partial charge in [0.2, 0.25) is 5.91 Å². The van der Waals surface area contributed by atoms with Crippen molar-refractivity contribution in [1.82, 2.24) is 0 Å². The second-order valence-electron chi connectivity index (χ2n) is 3.70. The molecule has 0 bridgehead atoms. The fraction of sp³-hybridized carbons (Fsp3) is 0.250. The summed E-state index contributed by atoms with van der Waals surface area (Å²) in [6.45, 7) is 3.43. The van der Waals surface area contributed by atoms with Crippen LogP contribution in [-0.2, 0) is 11.0 Å². The van der Waals surface area contributed by atoms with E-state index in [0.29, 0.717) is 0 Å². The summed E-state index contributed by atoms with van der Waals surface area (Å²) in [5.41, 5.74) is 4.74. The molecule has 0 radical (unpaired) electrons. The number of hydrogen-bond donors (Lipinski definition) is 2. The molecule has 0 aliphatic rings. The third-order valence-corrected chi connectivity index (χ3v) is 2.21. The van der Waals surface area contributed by atoms with Crippen molar-refractivity contribution >= 4 is 11.6 Å². The van der Waals surface area contributed by atoms with E-state index in [4.69, 9.17) is 5.73 Å². The maximum atomic E-state index is 12.4. The van der Waals surface area contributed by atoms with Crippen molar-refractivity contribution in [3.05, 3.63) is 42.5 Å². The van der Waals surface area contributed by atoms with Gasteiger partial charge in [-0.15, -0.1) is 6.58 Å². The van der Waals surface area contributed by atoms with E-state index < -0.39 is 23.7 Å². The van der Waals surface area contributed by atoms with Gasteiger partial charge in [0.15, 0.2) is 0 Å². The first-order chi connectivity index (χ1) is 8.34. The Morgan fingerprint density at radius 3 is 2.72 bits per heavy atom. The molecule has 0 aliphatic heterocycles. The number of carbonyl (C=O) groups is 1. The molecule has 18 heavy (non-hydrogen) atoms. The van der Waals surface area contributed by atoms with E-state index in [1.165, 1.54) is 18.2 Å². The summed E-state index contributed by atoms with van der Waals surface area (Å²) in [6.07, 6.45) is -2.72. The molecule has 98 valence electrons. The van der Waals surface area contributed by atoms with E-state index in [-0.39, 0.29) is 12.1 Å². The van der Waals surface area contributed by atoms with Crippen molar-refractivity contribution in [3.8, 4) is 0 Å². The summed E-state index contributed by atoms with van der Waals surface area (Å²) in [4.78, 5) is 11.5. The van der Waals surface area contributed by atoms with Crippen LogP contribution in [-0.4, -0.2) is 11.9 Å². The Morgan fingerprint density at radius 1 is 1.50 bits per heavy atom. The molecule has 1 rings (SSSR count). The van der Waals surface area contributed by atoms with Crippen molar-refractivity contribution in [2.75, 3.05) is 5.32 Å². The number of amides is 1. The van der Waals surface area contributed by atoms with Crippen LogP contribution in [0, 0.1) is 0 Å². The Hall–Kier alpha value is -1.82. The minimum atomic E-state index is -4.44. The van der Waals surface area contributed by atoms with Gasteiger partial charge < -0.3 is 11.1 Å². The van der Waals surface area contributed by atoms with Crippen LogP contribution < -0.4 is 11.1 Å². The molecule has 0 saturated heterocycles. The quantitative estimate of drug-likeness (QED) is 0.815. The monoisotopic (exact) mass is 258 g/mol.